The molecule has 0 saturated carbocycles. The van der Waals surface area contributed by atoms with Gasteiger partial charge >= 0.3 is 0 Å². The van der Waals surface area contributed by atoms with Gasteiger partial charge in [0.2, 0.25) is 17.5 Å². The SMILES string of the molecule is COc1c(F)c(F)c(C(=O)NC(=S)Nc2ccc(-c3nc4cc(Cl)ccc4o3)cc2)c(F)c1F. The van der Waals surface area contributed by atoms with Gasteiger partial charge in [0.15, 0.2) is 28.1 Å². The van der Waals surface area contributed by atoms with Gasteiger partial charge in [0.05, 0.1) is 7.11 Å². The first-order valence-electron chi connectivity index (χ1n) is 9.38. The number of fused-ring (bicyclic) bond motifs is 1. The molecule has 0 spiro atoms. The molecule has 0 unspecified atom stereocenters. The number of anilines is 1. The zero-order chi connectivity index (χ0) is 24.6. The number of rotatable bonds is 4. The number of halogens is 5. The van der Waals surface area contributed by atoms with Gasteiger partial charge < -0.3 is 14.5 Å². The van der Waals surface area contributed by atoms with Crippen molar-refractivity contribution >= 4 is 51.6 Å². The van der Waals surface area contributed by atoms with Crippen LogP contribution >= 0.6 is 23.8 Å². The first kappa shape index (κ1) is 23.5. The first-order chi connectivity index (χ1) is 16.2. The van der Waals surface area contributed by atoms with Gasteiger partial charge in [-0.2, -0.15) is 8.78 Å². The molecule has 0 aliphatic rings. The number of carbonyl (C=O) groups is 1. The molecule has 1 aromatic heterocycles. The molecule has 0 aliphatic carbocycles. The summed E-state index contributed by atoms with van der Waals surface area (Å²) in [4.78, 5) is 16.6. The number of methoxy groups -OCH3 is 1. The molecule has 0 atom stereocenters. The van der Waals surface area contributed by atoms with Gasteiger partial charge in [-0.15, -0.1) is 0 Å². The Morgan fingerprint density at radius 1 is 1.03 bits per heavy atom. The van der Waals surface area contributed by atoms with Crippen molar-refractivity contribution in [3.05, 3.63) is 76.3 Å². The molecule has 4 aromatic rings. The molecule has 0 aliphatic heterocycles. The number of ether oxygens (including phenoxy) is 1. The second kappa shape index (κ2) is 9.27. The molecule has 34 heavy (non-hydrogen) atoms. The van der Waals surface area contributed by atoms with Crippen LogP contribution in [0.1, 0.15) is 10.4 Å². The molecule has 0 fully saturated rings. The summed E-state index contributed by atoms with van der Waals surface area (Å²) in [6.45, 7) is 0. The van der Waals surface area contributed by atoms with E-state index in [2.05, 4.69) is 15.0 Å². The second-order valence-electron chi connectivity index (χ2n) is 6.78. The largest absolute Gasteiger partial charge is 0.491 e. The maximum Gasteiger partial charge on any atom is 0.263 e. The van der Waals surface area contributed by atoms with E-state index in [1.165, 1.54) is 0 Å². The number of hydrogen-bond acceptors (Lipinski definition) is 5. The minimum absolute atomic E-state index is 0.342. The standard InChI is InChI=1S/C22H12ClF4N3O3S/c1-32-19-17(26)15(24)14(16(25)18(19)27)20(31)30-22(34)28-11-5-2-9(3-6-11)21-29-12-8-10(23)4-7-13(12)33-21/h2-8H,1H3,(H2,28,30,31,34). The Morgan fingerprint density at radius 3 is 2.29 bits per heavy atom. The van der Waals surface area contributed by atoms with Crippen molar-refractivity contribution < 1.29 is 31.5 Å². The van der Waals surface area contributed by atoms with Crippen LogP contribution in [0.3, 0.4) is 0 Å². The van der Waals surface area contributed by atoms with Crippen LogP contribution < -0.4 is 15.4 Å². The Labute approximate surface area is 199 Å². The fourth-order valence-electron chi connectivity index (χ4n) is 3.04. The maximum atomic E-state index is 14.1. The molecular formula is C22H12ClF4N3O3S. The van der Waals surface area contributed by atoms with Crippen LogP contribution in [-0.2, 0) is 0 Å². The summed E-state index contributed by atoms with van der Waals surface area (Å²) in [6, 6.07) is 11.5. The van der Waals surface area contributed by atoms with Gasteiger partial charge in [-0.25, -0.2) is 13.8 Å². The average molecular weight is 510 g/mol. The van der Waals surface area contributed by atoms with Crippen molar-refractivity contribution in [2.24, 2.45) is 0 Å². The highest BCUT2D eigenvalue weighted by molar-refractivity contribution is 7.80. The minimum Gasteiger partial charge on any atom is -0.491 e. The lowest BCUT2D eigenvalue weighted by molar-refractivity contribution is 0.0966. The Hall–Kier alpha value is -3.70. The predicted octanol–water partition coefficient (Wildman–Crippen LogP) is 5.84. The zero-order valence-corrected chi connectivity index (χ0v) is 18.6. The van der Waals surface area contributed by atoms with Crippen LogP contribution in [0.4, 0.5) is 23.2 Å². The quantitative estimate of drug-likeness (QED) is 0.204. The van der Waals surface area contributed by atoms with Crippen LogP contribution in [0.15, 0.2) is 46.9 Å². The van der Waals surface area contributed by atoms with Crippen LogP contribution in [0, 0.1) is 23.3 Å². The van der Waals surface area contributed by atoms with E-state index in [0.29, 0.717) is 33.3 Å². The summed E-state index contributed by atoms with van der Waals surface area (Å²) in [5.41, 5.74) is 0.671. The molecule has 3 aromatic carbocycles. The second-order valence-corrected chi connectivity index (χ2v) is 7.63. The molecule has 0 bridgehead atoms. The van der Waals surface area contributed by atoms with Crippen molar-refractivity contribution in [2.45, 2.75) is 0 Å². The Kier molecular flexibility index (Phi) is 6.40. The van der Waals surface area contributed by atoms with Crippen LogP contribution in [0.2, 0.25) is 5.02 Å². The summed E-state index contributed by atoms with van der Waals surface area (Å²) in [5.74, 6) is -9.96. The highest BCUT2D eigenvalue weighted by atomic mass is 35.5. The van der Waals surface area contributed by atoms with Crippen molar-refractivity contribution in [1.82, 2.24) is 10.3 Å². The van der Waals surface area contributed by atoms with E-state index in [0.717, 1.165) is 7.11 Å². The lowest BCUT2D eigenvalue weighted by Crippen LogP contribution is -2.35. The van der Waals surface area contributed by atoms with E-state index in [1.54, 1.807) is 42.5 Å². The molecule has 174 valence electrons. The molecule has 0 saturated heterocycles. The molecular weight excluding hydrogens is 498 g/mol. The normalized spacial score (nSPS) is 10.9. The van der Waals surface area contributed by atoms with Crippen molar-refractivity contribution in [2.75, 3.05) is 12.4 Å². The van der Waals surface area contributed by atoms with Crippen molar-refractivity contribution in [3.8, 4) is 17.2 Å². The number of carbonyl (C=O) groups excluding carboxylic acids is 1. The van der Waals surface area contributed by atoms with E-state index >= 15 is 0 Å². The number of aromatic nitrogens is 1. The van der Waals surface area contributed by atoms with Gasteiger partial charge in [0, 0.05) is 16.3 Å². The summed E-state index contributed by atoms with van der Waals surface area (Å²) >= 11 is 10.9. The Morgan fingerprint density at radius 2 is 1.68 bits per heavy atom. The Balaban J connectivity index is 1.48. The Bertz CT molecular complexity index is 1410. The van der Waals surface area contributed by atoms with E-state index in [1.807, 2.05) is 5.32 Å². The fourth-order valence-corrected chi connectivity index (χ4v) is 3.42. The number of thiocarbonyl (C=S) groups is 1. The first-order valence-corrected chi connectivity index (χ1v) is 10.2. The van der Waals surface area contributed by atoms with Crippen LogP contribution in [0.25, 0.3) is 22.6 Å². The predicted molar refractivity (Wildman–Crippen MR) is 121 cm³/mol. The summed E-state index contributed by atoms with van der Waals surface area (Å²) in [5, 5.41) is 4.74. The maximum absolute atomic E-state index is 14.1. The molecule has 2 N–H and O–H groups in total. The van der Waals surface area contributed by atoms with Crippen LogP contribution in [0.5, 0.6) is 5.75 Å². The van der Waals surface area contributed by atoms with Gasteiger partial charge in [0.1, 0.15) is 11.1 Å². The van der Waals surface area contributed by atoms with Gasteiger partial charge in [-0.3, -0.25) is 10.1 Å². The number of oxazole rings is 1. The van der Waals surface area contributed by atoms with Gasteiger partial charge in [-0.1, -0.05) is 11.6 Å². The molecule has 0 radical (unpaired) electrons. The fraction of sp³-hybridized carbons (Fsp3) is 0.0455. The third kappa shape index (κ3) is 4.39. The molecule has 1 heterocycles. The third-order valence-electron chi connectivity index (χ3n) is 4.62. The third-order valence-corrected chi connectivity index (χ3v) is 5.06. The topological polar surface area (TPSA) is 76.4 Å². The highest BCUT2D eigenvalue weighted by Crippen LogP contribution is 2.30. The minimum atomic E-state index is -1.92. The smallest absolute Gasteiger partial charge is 0.263 e. The molecule has 12 heteroatoms. The molecule has 1 amide bonds. The summed E-state index contributed by atoms with van der Waals surface area (Å²) < 4.78 is 65.9. The highest BCUT2D eigenvalue weighted by Gasteiger charge is 2.30. The molecule has 6 nitrogen and oxygen atoms in total. The number of benzene rings is 3. The van der Waals surface area contributed by atoms with E-state index < -0.39 is 40.5 Å². The van der Waals surface area contributed by atoms with Crippen LogP contribution in [-0.4, -0.2) is 23.1 Å². The van der Waals surface area contributed by atoms with E-state index in [-0.39, 0.29) is 5.11 Å². The summed E-state index contributed by atoms with van der Waals surface area (Å²) in [7, 11) is 0.824. The summed E-state index contributed by atoms with van der Waals surface area (Å²) in [6.07, 6.45) is 0. The number of hydrogen-bond donors (Lipinski definition) is 2. The number of nitrogens with one attached hydrogen (secondary N) is 2. The van der Waals surface area contributed by atoms with E-state index in [9.17, 15) is 22.4 Å². The zero-order valence-electron chi connectivity index (χ0n) is 17.0. The van der Waals surface area contributed by atoms with Crippen molar-refractivity contribution in [1.29, 1.82) is 0 Å². The average Bonchev–Trinajstić information content (AvgIpc) is 3.22. The van der Waals surface area contributed by atoms with Crippen molar-refractivity contribution in [3.63, 3.8) is 0 Å². The number of amides is 1. The van der Waals surface area contributed by atoms with E-state index in [4.69, 9.17) is 28.2 Å². The number of nitrogens with zero attached hydrogens (tertiary/aromatic N) is 1. The van der Waals surface area contributed by atoms with Gasteiger partial charge in [0.25, 0.3) is 5.91 Å². The monoisotopic (exact) mass is 509 g/mol. The van der Waals surface area contributed by atoms with Gasteiger partial charge in [-0.05, 0) is 54.7 Å². The lowest BCUT2D eigenvalue weighted by atomic mass is 10.1. The lowest BCUT2D eigenvalue weighted by Gasteiger charge is -2.13. The molecule has 4 rings (SSSR count).